The highest BCUT2D eigenvalue weighted by atomic mass is 32.1. The van der Waals surface area contributed by atoms with Crippen LogP contribution < -0.4 is 10.2 Å². The van der Waals surface area contributed by atoms with Crippen molar-refractivity contribution in [2.24, 2.45) is 0 Å². The summed E-state index contributed by atoms with van der Waals surface area (Å²) in [5, 5.41) is 15.5. The number of non-ortho nitro benzene ring substituents is 1. The Balaban J connectivity index is 1.67. The second-order valence-corrected chi connectivity index (χ2v) is 8.73. The molecule has 4 aromatic rings. The highest BCUT2D eigenvalue weighted by molar-refractivity contribution is 7.80. The number of aromatic nitrogens is 2. The van der Waals surface area contributed by atoms with E-state index in [0.29, 0.717) is 10.8 Å². The lowest BCUT2D eigenvalue weighted by Crippen LogP contribution is -2.30. The first-order valence-electron chi connectivity index (χ1n) is 10.9. The molecule has 7 nitrogen and oxygen atoms in total. The SMILES string of the molecule is Cc1ccc(N2C(=S)N[C@@H](c3ccccn3)[C@H]2c2cccn2-c2cccc([N+](=O)[O-])c2)cc1C. The monoisotopic (exact) mass is 469 g/mol. The van der Waals surface area contributed by atoms with E-state index >= 15 is 0 Å². The van der Waals surface area contributed by atoms with Crippen LogP contribution in [0.25, 0.3) is 5.69 Å². The van der Waals surface area contributed by atoms with E-state index in [1.165, 1.54) is 17.2 Å². The first-order valence-corrected chi connectivity index (χ1v) is 11.3. The third kappa shape index (κ3) is 3.82. The van der Waals surface area contributed by atoms with Crippen LogP contribution in [0.15, 0.2) is 85.2 Å². The van der Waals surface area contributed by atoms with Crippen LogP contribution in [0.4, 0.5) is 11.4 Å². The predicted molar refractivity (Wildman–Crippen MR) is 136 cm³/mol. The summed E-state index contributed by atoms with van der Waals surface area (Å²) in [6.07, 6.45) is 3.69. The second kappa shape index (κ2) is 8.72. The average Bonchev–Trinajstić information content (AvgIpc) is 3.46. The van der Waals surface area contributed by atoms with Gasteiger partial charge < -0.3 is 14.8 Å². The number of hydrogen-bond acceptors (Lipinski definition) is 4. The van der Waals surface area contributed by atoms with Crippen LogP contribution in [-0.4, -0.2) is 19.6 Å². The van der Waals surface area contributed by atoms with Crippen molar-refractivity contribution in [2.45, 2.75) is 25.9 Å². The van der Waals surface area contributed by atoms with Gasteiger partial charge in [-0.05, 0) is 79.7 Å². The zero-order chi connectivity index (χ0) is 23.8. The number of rotatable bonds is 5. The lowest BCUT2D eigenvalue weighted by Gasteiger charge is -2.29. The van der Waals surface area contributed by atoms with Gasteiger partial charge >= 0.3 is 0 Å². The zero-order valence-corrected chi connectivity index (χ0v) is 19.6. The van der Waals surface area contributed by atoms with Gasteiger partial charge in [-0.2, -0.15) is 0 Å². The fourth-order valence-corrected chi connectivity index (χ4v) is 4.78. The molecule has 2 atom stereocenters. The number of aryl methyl sites for hydroxylation is 2. The predicted octanol–water partition coefficient (Wildman–Crippen LogP) is 5.57. The first-order chi connectivity index (χ1) is 16.4. The minimum absolute atomic E-state index is 0.0458. The molecular weight excluding hydrogens is 446 g/mol. The summed E-state index contributed by atoms with van der Waals surface area (Å²) in [4.78, 5) is 17.7. The molecule has 0 aliphatic carbocycles. The van der Waals surface area contributed by atoms with E-state index < -0.39 is 0 Å². The minimum atomic E-state index is -0.378. The Bertz CT molecular complexity index is 1380. The largest absolute Gasteiger partial charge is 0.351 e. The molecule has 1 saturated heterocycles. The summed E-state index contributed by atoms with van der Waals surface area (Å²) >= 11 is 5.83. The molecule has 8 heteroatoms. The Morgan fingerprint density at radius 3 is 2.56 bits per heavy atom. The molecule has 0 radical (unpaired) electrons. The van der Waals surface area contributed by atoms with Crippen molar-refractivity contribution in [1.82, 2.24) is 14.9 Å². The molecule has 34 heavy (non-hydrogen) atoms. The zero-order valence-electron chi connectivity index (χ0n) is 18.8. The Morgan fingerprint density at radius 1 is 0.971 bits per heavy atom. The van der Waals surface area contributed by atoms with Gasteiger partial charge in [0.25, 0.3) is 5.69 Å². The summed E-state index contributed by atoms with van der Waals surface area (Å²) in [5.41, 5.74) is 5.94. The summed E-state index contributed by atoms with van der Waals surface area (Å²) in [6.45, 7) is 4.17. The standard InChI is InChI=1S/C26H23N5O2S/c1-17-11-12-20(15-18(17)2)30-25(24(28-26(30)34)22-9-3-4-13-27-22)23-10-6-14-29(23)19-7-5-8-21(16-19)31(32)33/h3-16,24-25H,1-2H3,(H,28,34)/t24-,25+/m0/s1. The Morgan fingerprint density at radius 2 is 1.82 bits per heavy atom. The molecular formula is C26H23N5O2S. The maximum absolute atomic E-state index is 11.4. The van der Waals surface area contributed by atoms with Gasteiger partial charge in [-0.1, -0.05) is 18.2 Å². The molecule has 1 aliphatic heterocycles. The Labute approximate surface area is 202 Å². The lowest BCUT2D eigenvalue weighted by atomic mass is 10.00. The number of pyridine rings is 1. The molecule has 2 aromatic carbocycles. The van der Waals surface area contributed by atoms with Crippen molar-refractivity contribution in [3.8, 4) is 5.69 Å². The number of hydrogen-bond donors (Lipinski definition) is 1. The van der Waals surface area contributed by atoms with Gasteiger partial charge in [0, 0.05) is 35.9 Å². The average molecular weight is 470 g/mol. The first kappa shape index (κ1) is 21.8. The van der Waals surface area contributed by atoms with E-state index in [4.69, 9.17) is 12.2 Å². The lowest BCUT2D eigenvalue weighted by molar-refractivity contribution is -0.384. The van der Waals surface area contributed by atoms with Gasteiger partial charge in [-0.15, -0.1) is 0 Å². The van der Waals surface area contributed by atoms with Gasteiger partial charge in [0.2, 0.25) is 0 Å². The molecule has 3 heterocycles. The fraction of sp³-hybridized carbons (Fsp3) is 0.154. The minimum Gasteiger partial charge on any atom is -0.351 e. The number of thiocarbonyl (C=S) groups is 1. The maximum atomic E-state index is 11.4. The molecule has 1 N–H and O–H groups in total. The third-order valence-corrected chi connectivity index (χ3v) is 6.58. The topological polar surface area (TPSA) is 76.2 Å². The van der Waals surface area contributed by atoms with E-state index in [1.54, 1.807) is 18.3 Å². The Kier molecular flexibility index (Phi) is 5.59. The normalized spacial score (nSPS) is 17.6. The van der Waals surface area contributed by atoms with Crippen molar-refractivity contribution >= 4 is 28.7 Å². The number of nitrogens with one attached hydrogen (secondary N) is 1. The number of nitrogens with zero attached hydrogens (tertiary/aromatic N) is 4. The summed E-state index contributed by atoms with van der Waals surface area (Å²) in [6, 6.07) is 22.3. The van der Waals surface area contributed by atoms with Crippen molar-refractivity contribution in [2.75, 3.05) is 4.90 Å². The van der Waals surface area contributed by atoms with Crippen LogP contribution in [0.3, 0.4) is 0 Å². The van der Waals surface area contributed by atoms with Gasteiger partial charge in [0.1, 0.15) is 6.04 Å². The van der Waals surface area contributed by atoms with E-state index in [0.717, 1.165) is 17.1 Å². The van der Waals surface area contributed by atoms with Crippen molar-refractivity contribution < 1.29 is 4.92 Å². The molecule has 1 fully saturated rings. The van der Waals surface area contributed by atoms with Crippen molar-refractivity contribution in [3.05, 3.63) is 118 Å². The number of nitro benzene ring substituents is 1. The maximum Gasteiger partial charge on any atom is 0.271 e. The highest BCUT2D eigenvalue weighted by Crippen LogP contribution is 2.42. The summed E-state index contributed by atoms with van der Waals surface area (Å²) < 4.78 is 1.98. The molecule has 0 bridgehead atoms. The third-order valence-electron chi connectivity index (χ3n) is 6.27. The van der Waals surface area contributed by atoms with Gasteiger partial charge in [-0.3, -0.25) is 15.1 Å². The molecule has 0 unspecified atom stereocenters. The van der Waals surface area contributed by atoms with Gasteiger partial charge in [0.05, 0.1) is 22.3 Å². The Hall–Kier alpha value is -4.04. The van der Waals surface area contributed by atoms with Crippen LogP contribution in [0, 0.1) is 24.0 Å². The number of nitro groups is 1. The van der Waals surface area contributed by atoms with Crippen LogP contribution in [0.2, 0.25) is 0 Å². The number of benzene rings is 2. The molecule has 0 saturated carbocycles. The van der Waals surface area contributed by atoms with E-state index in [1.807, 2.05) is 47.2 Å². The van der Waals surface area contributed by atoms with Gasteiger partial charge in [0.15, 0.2) is 5.11 Å². The molecule has 2 aromatic heterocycles. The smallest absolute Gasteiger partial charge is 0.271 e. The quantitative estimate of drug-likeness (QED) is 0.234. The second-order valence-electron chi connectivity index (χ2n) is 8.35. The molecule has 0 spiro atoms. The number of anilines is 1. The fourth-order valence-electron chi connectivity index (χ4n) is 4.44. The van der Waals surface area contributed by atoms with Crippen LogP contribution in [-0.2, 0) is 0 Å². The van der Waals surface area contributed by atoms with Crippen LogP contribution in [0.1, 0.15) is 34.6 Å². The van der Waals surface area contributed by atoms with Gasteiger partial charge in [-0.25, -0.2) is 0 Å². The molecule has 170 valence electrons. The molecule has 5 rings (SSSR count). The van der Waals surface area contributed by atoms with Crippen molar-refractivity contribution in [1.29, 1.82) is 0 Å². The van der Waals surface area contributed by atoms with Crippen LogP contribution >= 0.6 is 12.2 Å². The molecule has 1 aliphatic rings. The van der Waals surface area contributed by atoms with E-state index in [-0.39, 0.29) is 22.7 Å². The highest BCUT2D eigenvalue weighted by Gasteiger charge is 2.42. The molecule has 0 amide bonds. The van der Waals surface area contributed by atoms with E-state index in [9.17, 15) is 10.1 Å². The van der Waals surface area contributed by atoms with Crippen LogP contribution in [0.5, 0.6) is 0 Å². The van der Waals surface area contributed by atoms with E-state index in [2.05, 4.69) is 47.2 Å². The summed E-state index contributed by atoms with van der Waals surface area (Å²) in [5.74, 6) is 0. The van der Waals surface area contributed by atoms with Crippen molar-refractivity contribution in [3.63, 3.8) is 0 Å². The summed E-state index contributed by atoms with van der Waals surface area (Å²) in [7, 11) is 0.